The topological polar surface area (TPSA) is 166 Å². The summed E-state index contributed by atoms with van der Waals surface area (Å²) >= 11 is 0. The zero-order valence-electron chi connectivity index (χ0n) is 29.2. The molecule has 2 aliphatic heterocycles. The number of methoxy groups -OCH3 is 1. The summed E-state index contributed by atoms with van der Waals surface area (Å²) in [6.07, 6.45) is 15.6. The van der Waals surface area contributed by atoms with Crippen LogP contribution in [-0.2, 0) is 38.1 Å². The van der Waals surface area contributed by atoms with E-state index in [1.54, 1.807) is 32.1 Å². The van der Waals surface area contributed by atoms with Gasteiger partial charge in [0.05, 0.1) is 32.2 Å². The number of allylic oxidation sites excluding steroid dienone is 4. The number of aliphatic hydroxyl groups is 1. The van der Waals surface area contributed by atoms with Crippen LogP contribution in [0.1, 0.15) is 98.8 Å². The summed E-state index contributed by atoms with van der Waals surface area (Å²) in [6.45, 7) is 9.59. The lowest BCUT2D eigenvalue weighted by molar-refractivity contribution is -0.344. The molecule has 0 saturated carbocycles. The van der Waals surface area contributed by atoms with Crippen LogP contribution in [-0.4, -0.2) is 76.0 Å². The molecule has 3 N–H and O–H groups in total. The van der Waals surface area contributed by atoms with Gasteiger partial charge in [-0.15, -0.1) is 0 Å². The zero-order valence-corrected chi connectivity index (χ0v) is 29.2. The molecule has 2 fully saturated rings. The van der Waals surface area contributed by atoms with Gasteiger partial charge in [0.2, 0.25) is 0 Å². The Bertz CT molecular complexity index is 1260. The third-order valence-corrected chi connectivity index (χ3v) is 8.97. The van der Waals surface area contributed by atoms with Crippen molar-refractivity contribution in [3.63, 3.8) is 0 Å². The number of aliphatic hydroxyl groups excluding tert-OH is 1. The van der Waals surface area contributed by atoms with Gasteiger partial charge in [-0.3, -0.25) is 9.59 Å². The average molecular weight is 675 g/mol. The van der Waals surface area contributed by atoms with Gasteiger partial charge < -0.3 is 34.3 Å². The highest BCUT2D eigenvalue weighted by molar-refractivity contribution is 5.83. The van der Waals surface area contributed by atoms with Crippen LogP contribution in [0.2, 0.25) is 0 Å². The van der Waals surface area contributed by atoms with Crippen molar-refractivity contribution in [1.29, 1.82) is 0 Å². The number of carboxylic acid groups (broad SMARTS) is 2. The van der Waals surface area contributed by atoms with E-state index in [1.807, 2.05) is 26.0 Å². The predicted molar refractivity (Wildman–Crippen MR) is 180 cm³/mol. The van der Waals surface area contributed by atoms with Crippen LogP contribution in [0.25, 0.3) is 0 Å². The van der Waals surface area contributed by atoms with Crippen LogP contribution in [0.4, 0.5) is 0 Å². The Balaban J connectivity index is 2.32. The minimum absolute atomic E-state index is 0.170. The third-order valence-electron chi connectivity index (χ3n) is 8.97. The molecule has 2 aliphatic rings. The molecule has 1 spiro atoms. The Labute approximate surface area is 284 Å². The largest absolute Gasteiger partial charge is 0.481 e. The Morgan fingerprint density at radius 2 is 1.71 bits per heavy atom. The van der Waals surface area contributed by atoms with Crippen molar-refractivity contribution in [1.82, 2.24) is 0 Å². The summed E-state index contributed by atoms with van der Waals surface area (Å²) in [5.74, 6) is -4.31. The second-order valence-electron chi connectivity index (χ2n) is 13.0. The number of ether oxygens (including phenoxy) is 4. The van der Waals surface area contributed by atoms with Gasteiger partial charge in [0.15, 0.2) is 5.79 Å². The molecule has 0 aromatic rings. The number of carbonyl (C=O) groups excluding carboxylic acids is 2. The van der Waals surface area contributed by atoms with Crippen molar-refractivity contribution in [2.24, 2.45) is 11.8 Å². The Morgan fingerprint density at radius 3 is 2.35 bits per heavy atom. The summed E-state index contributed by atoms with van der Waals surface area (Å²) in [4.78, 5) is 46.7. The van der Waals surface area contributed by atoms with E-state index in [4.69, 9.17) is 29.2 Å². The van der Waals surface area contributed by atoms with Gasteiger partial charge in [-0.1, -0.05) is 69.2 Å². The highest BCUT2D eigenvalue weighted by Crippen LogP contribution is 2.48. The van der Waals surface area contributed by atoms with E-state index in [1.165, 1.54) is 19.3 Å². The molecular weight excluding hydrogens is 620 g/mol. The summed E-state index contributed by atoms with van der Waals surface area (Å²) in [7, 11) is 1.30. The van der Waals surface area contributed by atoms with Crippen molar-refractivity contribution in [2.45, 2.75) is 129 Å². The SMILES string of the molecule is CCCC[C@@]1(OC(=O)CCC(=O)O)CC[C@]2(CC[C@H](C)[C@@H](CC=C(C)C=C[C@H](O)[C@@H](C)C=CC(=O)O)O2)O[C@H]1C=CC(C)=CC(=O)OC. The molecule has 2 saturated heterocycles. The van der Waals surface area contributed by atoms with Gasteiger partial charge in [0.25, 0.3) is 0 Å². The number of carbonyl (C=O) groups is 4. The number of esters is 2. The van der Waals surface area contributed by atoms with Crippen LogP contribution in [0, 0.1) is 11.8 Å². The molecule has 0 aromatic heterocycles. The Kier molecular flexibility index (Phi) is 16.5. The van der Waals surface area contributed by atoms with Crippen molar-refractivity contribution < 1.29 is 53.4 Å². The maximum Gasteiger partial charge on any atom is 0.330 e. The molecule has 0 radical (unpaired) electrons. The first kappa shape index (κ1) is 40.6. The Hall–Kier alpha value is -3.54. The van der Waals surface area contributed by atoms with Crippen LogP contribution in [0.5, 0.6) is 0 Å². The fourth-order valence-corrected chi connectivity index (χ4v) is 5.86. The van der Waals surface area contributed by atoms with E-state index in [9.17, 15) is 24.3 Å². The summed E-state index contributed by atoms with van der Waals surface area (Å²) in [5, 5.41) is 28.3. The minimum Gasteiger partial charge on any atom is -0.481 e. The molecule has 0 amide bonds. The van der Waals surface area contributed by atoms with E-state index >= 15 is 0 Å². The number of aliphatic carboxylic acids is 2. The van der Waals surface area contributed by atoms with Crippen molar-refractivity contribution in [2.75, 3.05) is 7.11 Å². The molecule has 0 bridgehead atoms. The summed E-state index contributed by atoms with van der Waals surface area (Å²) in [5.41, 5.74) is 0.498. The highest BCUT2D eigenvalue weighted by atomic mass is 16.7. The first-order valence-corrected chi connectivity index (χ1v) is 16.8. The first-order chi connectivity index (χ1) is 22.6. The van der Waals surface area contributed by atoms with Gasteiger partial charge in [-0.2, -0.15) is 0 Å². The molecule has 0 aromatic carbocycles. The molecule has 11 nitrogen and oxygen atoms in total. The lowest BCUT2D eigenvalue weighted by Gasteiger charge is -2.53. The standard InChI is InChI=1S/C37H54O11/c1-7-8-20-36(48-34(43)18-17-33(41)42)22-23-37(47-31(36)15-11-26(3)24-35(44)45-6)21-19-28(5)30(46-37)14-10-25(2)9-13-29(38)27(4)12-16-32(39)40/h9-13,15-16,24,27-31,38H,7-8,14,17-23H2,1-6H3,(H,39,40)(H,41,42)/t27-,28-,29-,30+,31-,36+,37-/m0/s1. The van der Waals surface area contributed by atoms with Crippen molar-refractivity contribution in [3.8, 4) is 0 Å². The van der Waals surface area contributed by atoms with Gasteiger partial charge in [0.1, 0.15) is 11.7 Å². The van der Waals surface area contributed by atoms with Crippen LogP contribution in [0.3, 0.4) is 0 Å². The molecule has 11 heteroatoms. The normalized spacial score (nSPS) is 28.2. The summed E-state index contributed by atoms with van der Waals surface area (Å²) in [6, 6.07) is 0. The smallest absolute Gasteiger partial charge is 0.330 e. The molecule has 268 valence electrons. The van der Waals surface area contributed by atoms with Gasteiger partial charge in [-0.25, -0.2) is 9.59 Å². The summed E-state index contributed by atoms with van der Waals surface area (Å²) < 4.78 is 24.4. The molecule has 48 heavy (non-hydrogen) atoms. The molecular formula is C37H54O11. The monoisotopic (exact) mass is 674 g/mol. The van der Waals surface area contributed by atoms with E-state index in [2.05, 4.69) is 6.92 Å². The fraction of sp³-hybridized carbons (Fsp3) is 0.622. The van der Waals surface area contributed by atoms with E-state index < -0.39 is 47.5 Å². The van der Waals surface area contributed by atoms with E-state index in [0.717, 1.165) is 30.9 Å². The van der Waals surface area contributed by atoms with E-state index in [-0.39, 0.29) is 30.8 Å². The van der Waals surface area contributed by atoms with Crippen molar-refractivity contribution >= 4 is 23.9 Å². The number of carboxylic acids is 2. The molecule has 2 rings (SSSR count). The number of rotatable bonds is 17. The maximum atomic E-state index is 12.9. The quantitative estimate of drug-likeness (QED) is 0.0911. The zero-order chi connectivity index (χ0) is 35.9. The Morgan fingerprint density at radius 1 is 0.979 bits per heavy atom. The molecule has 7 atom stereocenters. The van der Waals surface area contributed by atoms with Crippen LogP contribution < -0.4 is 0 Å². The third kappa shape index (κ3) is 13.2. The molecule has 2 heterocycles. The van der Waals surface area contributed by atoms with Crippen molar-refractivity contribution in [3.05, 3.63) is 59.8 Å². The second-order valence-corrected chi connectivity index (χ2v) is 13.0. The maximum absolute atomic E-state index is 12.9. The first-order valence-electron chi connectivity index (χ1n) is 16.8. The lowest BCUT2D eigenvalue weighted by atomic mass is 9.78. The lowest BCUT2D eigenvalue weighted by Crippen LogP contribution is -2.59. The number of hydrogen-bond acceptors (Lipinski definition) is 9. The van der Waals surface area contributed by atoms with Gasteiger partial charge in [-0.05, 0) is 57.4 Å². The fourth-order valence-electron chi connectivity index (χ4n) is 5.86. The van der Waals surface area contributed by atoms with Gasteiger partial charge in [0, 0.05) is 30.9 Å². The van der Waals surface area contributed by atoms with Gasteiger partial charge >= 0.3 is 23.9 Å². The highest BCUT2D eigenvalue weighted by Gasteiger charge is 2.54. The van der Waals surface area contributed by atoms with E-state index in [0.29, 0.717) is 37.7 Å². The van der Waals surface area contributed by atoms with Crippen LogP contribution >= 0.6 is 0 Å². The minimum atomic E-state index is -1.08. The molecule has 0 aliphatic carbocycles. The average Bonchev–Trinajstić information content (AvgIpc) is 3.04. The molecule has 0 unspecified atom stereocenters. The second kappa shape index (κ2) is 19.5. The predicted octanol–water partition coefficient (Wildman–Crippen LogP) is 6.22. The van der Waals surface area contributed by atoms with Crippen LogP contribution in [0.15, 0.2) is 59.8 Å². The number of hydrogen-bond donors (Lipinski definition) is 3. The number of unbranched alkanes of at least 4 members (excludes halogenated alkanes) is 1.